The van der Waals surface area contributed by atoms with E-state index in [0.717, 1.165) is 11.5 Å². The van der Waals surface area contributed by atoms with E-state index in [1.807, 2.05) is 43.3 Å². The Kier molecular flexibility index (Phi) is 5.64. The predicted molar refractivity (Wildman–Crippen MR) is 113 cm³/mol. The molecule has 132 valence electrons. The molecule has 0 bridgehead atoms. The minimum absolute atomic E-state index is 0.0263. The lowest BCUT2D eigenvalue weighted by molar-refractivity contribution is 0.761. The molecule has 0 aliphatic rings. The lowest BCUT2D eigenvalue weighted by Crippen LogP contribution is -2.33. The molecule has 0 spiro atoms. The molecule has 0 radical (unpaired) electrons. The number of thiocarbonyl (C=S) groups is 1. The third-order valence-corrected chi connectivity index (χ3v) is 4.49. The average Bonchev–Trinajstić information content (AvgIpc) is 2.61. The SMILES string of the molecule is Cc1ccc([C@@H](NC(=S)Nc2cccc(C)n2)c2ccccc2)c(C)c1. The summed E-state index contributed by atoms with van der Waals surface area (Å²) in [5.74, 6) is 0.745. The van der Waals surface area contributed by atoms with Crippen LogP contribution in [-0.2, 0) is 0 Å². The number of pyridine rings is 1. The maximum Gasteiger partial charge on any atom is 0.172 e. The van der Waals surface area contributed by atoms with Gasteiger partial charge in [0.05, 0.1) is 6.04 Å². The van der Waals surface area contributed by atoms with Crippen molar-refractivity contribution in [3.63, 3.8) is 0 Å². The smallest absolute Gasteiger partial charge is 0.172 e. The number of hydrogen-bond donors (Lipinski definition) is 2. The van der Waals surface area contributed by atoms with Crippen LogP contribution in [-0.4, -0.2) is 10.1 Å². The van der Waals surface area contributed by atoms with Crippen molar-refractivity contribution in [2.24, 2.45) is 0 Å². The molecule has 0 aliphatic heterocycles. The monoisotopic (exact) mass is 361 g/mol. The molecule has 0 fully saturated rings. The van der Waals surface area contributed by atoms with E-state index in [0.29, 0.717) is 5.11 Å². The number of aromatic nitrogens is 1. The lowest BCUT2D eigenvalue weighted by atomic mass is 9.94. The van der Waals surface area contributed by atoms with Gasteiger partial charge in [-0.05, 0) is 61.8 Å². The van der Waals surface area contributed by atoms with Gasteiger partial charge in [0.2, 0.25) is 0 Å². The normalized spacial score (nSPS) is 11.7. The molecule has 2 N–H and O–H groups in total. The molecule has 2 aromatic carbocycles. The van der Waals surface area contributed by atoms with Crippen molar-refractivity contribution in [2.75, 3.05) is 5.32 Å². The van der Waals surface area contributed by atoms with Gasteiger partial charge in [0.15, 0.2) is 5.11 Å². The molecule has 1 aromatic heterocycles. The minimum Gasteiger partial charge on any atom is -0.351 e. The molecule has 0 unspecified atom stereocenters. The zero-order valence-electron chi connectivity index (χ0n) is 15.3. The fourth-order valence-electron chi connectivity index (χ4n) is 3.03. The summed E-state index contributed by atoms with van der Waals surface area (Å²) in [6.07, 6.45) is 0. The summed E-state index contributed by atoms with van der Waals surface area (Å²) in [5.41, 5.74) is 5.82. The van der Waals surface area contributed by atoms with E-state index in [-0.39, 0.29) is 6.04 Å². The van der Waals surface area contributed by atoms with Crippen LogP contribution < -0.4 is 10.6 Å². The van der Waals surface area contributed by atoms with Gasteiger partial charge in [0, 0.05) is 5.69 Å². The molecular weight excluding hydrogens is 338 g/mol. The molecule has 1 heterocycles. The van der Waals surface area contributed by atoms with Crippen molar-refractivity contribution >= 4 is 23.1 Å². The quantitative estimate of drug-likeness (QED) is 0.635. The number of aryl methyl sites for hydroxylation is 3. The maximum absolute atomic E-state index is 5.56. The summed E-state index contributed by atoms with van der Waals surface area (Å²) in [6.45, 7) is 6.21. The molecule has 0 aliphatic carbocycles. The highest BCUT2D eigenvalue weighted by Gasteiger charge is 2.17. The highest BCUT2D eigenvalue weighted by atomic mass is 32.1. The van der Waals surface area contributed by atoms with Crippen molar-refractivity contribution < 1.29 is 0 Å². The van der Waals surface area contributed by atoms with Crippen molar-refractivity contribution in [1.29, 1.82) is 0 Å². The molecule has 3 nitrogen and oxygen atoms in total. The Balaban J connectivity index is 1.87. The van der Waals surface area contributed by atoms with Crippen molar-refractivity contribution in [3.05, 3.63) is 94.7 Å². The first-order valence-electron chi connectivity index (χ1n) is 8.66. The van der Waals surface area contributed by atoms with E-state index < -0.39 is 0 Å². The van der Waals surface area contributed by atoms with E-state index in [4.69, 9.17) is 12.2 Å². The number of rotatable bonds is 4. The first-order chi connectivity index (χ1) is 12.5. The Labute approximate surface area is 160 Å². The number of benzene rings is 2. The van der Waals surface area contributed by atoms with Gasteiger partial charge in [-0.25, -0.2) is 4.98 Å². The third kappa shape index (κ3) is 4.46. The van der Waals surface area contributed by atoms with Gasteiger partial charge >= 0.3 is 0 Å². The third-order valence-electron chi connectivity index (χ3n) is 4.27. The van der Waals surface area contributed by atoms with Gasteiger partial charge in [-0.3, -0.25) is 0 Å². The standard InChI is InChI=1S/C22H23N3S/c1-15-12-13-19(16(2)14-15)21(18-9-5-4-6-10-18)25-22(26)24-20-11-7-8-17(3)23-20/h4-14,21H,1-3H3,(H2,23,24,25,26)/t21-/m0/s1. The summed E-state index contributed by atoms with van der Waals surface area (Å²) in [4.78, 5) is 4.46. The molecule has 4 heteroatoms. The molecule has 3 rings (SSSR count). The lowest BCUT2D eigenvalue weighted by Gasteiger charge is -2.23. The van der Waals surface area contributed by atoms with E-state index >= 15 is 0 Å². The molecule has 26 heavy (non-hydrogen) atoms. The van der Waals surface area contributed by atoms with Crippen LogP contribution in [0.3, 0.4) is 0 Å². The summed E-state index contributed by atoms with van der Waals surface area (Å²) in [7, 11) is 0. The molecular formula is C22H23N3S. The average molecular weight is 362 g/mol. The van der Waals surface area contributed by atoms with Gasteiger partial charge < -0.3 is 10.6 Å². The van der Waals surface area contributed by atoms with Crippen LogP contribution in [0.25, 0.3) is 0 Å². The van der Waals surface area contributed by atoms with Gasteiger partial charge in [0.25, 0.3) is 0 Å². The van der Waals surface area contributed by atoms with Gasteiger partial charge in [-0.15, -0.1) is 0 Å². The van der Waals surface area contributed by atoms with Crippen LogP contribution in [0.5, 0.6) is 0 Å². The van der Waals surface area contributed by atoms with Crippen molar-refractivity contribution in [1.82, 2.24) is 10.3 Å². The van der Waals surface area contributed by atoms with Crippen LogP contribution in [0.4, 0.5) is 5.82 Å². The van der Waals surface area contributed by atoms with Gasteiger partial charge in [0.1, 0.15) is 5.82 Å². The molecule has 0 amide bonds. The first-order valence-corrected chi connectivity index (χ1v) is 9.07. The van der Waals surface area contributed by atoms with Crippen molar-refractivity contribution in [2.45, 2.75) is 26.8 Å². The Hall–Kier alpha value is -2.72. The van der Waals surface area contributed by atoms with Crippen LogP contribution in [0, 0.1) is 20.8 Å². The molecule has 0 saturated heterocycles. The summed E-state index contributed by atoms with van der Waals surface area (Å²) < 4.78 is 0. The fourth-order valence-corrected chi connectivity index (χ4v) is 3.25. The Morgan fingerprint density at radius 3 is 2.38 bits per heavy atom. The summed E-state index contributed by atoms with van der Waals surface area (Å²) in [6, 6.07) is 22.7. The van der Waals surface area contributed by atoms with Crippen LogP contribution >= 0.6 is 12.2 Å². The van der Waals surface area contributed by atoms with E-state index in [2.05, 4.69) is 59.8 Å². The predicted octanol–water partition coefficient (Wildman–Crippen LogP) is 5.08. The zero-order valence-corrected chi connectivity index (χ0v) is 16.1. The molecule has 3 aromatic rings. The number of nitrogens with one attached hydrogen (secondary N) is 2. The zero-order chi connectivity index (χ0) is 18.5. The second-order valence-electron chi connectivity index (χ2n) is 6.47. The Morgan fingerprint density at radius 1 is 0.923 bits per heavy atom. The largest absolute Gasteiger partial charge is 0.351 e. The maximum atomic E-state index is 5.56. The highest BCUT2D eigenvalue weighted by Crippen LogP contribution is 2.26. The fraction of sp³-hybridized carbons (Fsp3) is 0.182. The minimum atomic E-state index is -0.0263. The van der Waals surface area contributed by atoms with Crippen LogP contribution in [0.1, 0.15) is 34.0 Å². The Bertz CT molecular complexity index is 906. The molecule has 1 atom stereocenters. The number of nitrogens with zero attached hydrogens (tertiary/aromatic N) is 1. The van der Waals surface area contributed by atoms with Crippen LogP contribution in [0.15, 0.2) is 66.7 Å². The van der Waals surface area contributed by atoms with Gasteiger partial charge in [-0.1, -0.05) is 60.2 Å². The number of hydrogen-bond acceptors (Lipinski definition) is 2. The van der Waals surface area contributed by atoms with Crippen molar-refractivity contribution in [3.8, 4) is 0 Å². The van der Waals surface area contributed by atoms with Crippen LogP contribution in [0.2, 0.25) is 0 Å². The second-order valence-corrected chi connectivity index (χ2v) is 6.87. The summed E-state index contributed by atoms with van der Waals surface area (Å²) >= 11 is 5.56. The van der Waals surface area contributed by atoms with E-state index in [9.17, 15) is 0 Å². The Morgan fingerprint density at radius 2 is 1.69 bits per heavy atom. The molecule has 0 saturated carbocycles. The van der Waals surface area contributed by atoms with E-state index in [1.54, 1.807) is 0 Å². The summed E-state index contributed by atoms with van der Waals surface area (Å²) in [5, 5.41) is 7.20. The first kappa shape index (κ1) is 18.1. The highest BCUT2D eigenvalue weighted by molar-refractivity contribution is 7.80. The van der Waals surface area contributed by atoms with E-state index in [1.165, 1.54) is 22.3 Å². The topological polar surface area (TPSA) is 37.0 Å². The second kappa shape index (κ2) is 8.11. The van der Waals surface area contributed by atoms with Gasteiger partial charge in [-0.2, -0.15) is 0 Å². The number of anilines is 1.